The Hall–Kier alpha value is -3.15. The summed E-state index contributed by atoms with van der Waals surface area (Å²) in [5, 5.41) is 0. The van der Waals surface area contributed by atoms with Crippen molar-refractivity contribution in [3.63, 3.8) is 0 Å². The maximum atomic E-state index is 12.4. The molecule has 0 fully saturated rings. The second-order valence-corrected chi connectivity index (χ2v) is 5.50. The fourth-order valence-electron chi connectivity index (χ4n) is 2.40. The normalized spacial score (nSPS) is 10.6. The molecular formula is C19H18N2O4. The number of esters is 1. The van der Waals surface area contributed by atoms with E-state index < -0.39 is 5.97 Å². The number of fused-ring (bicyclic) bond motifs is 1. The number of nitrogens with zero attached hydrogens (tertiary/aromatic N) is 2. The molecule has 3 rings (SSSR count). The van der Waals surface area contributed by atoms with Gasteiger partial charge in [0.05, 0.1) is 42.2 Å². The highest BCUT2D eigenvalue weighted by atomic mass is 16.5. The second-order valence-electron chi connectivity index (χ2n) is 5.50. The largest absolute Gasteiger partial charge is 0.493 e. The molecule has 0 aliphatic carbocycles. The molecule has 0 radical (unpaired) electrons. The lowest BCUT2D eigenvalue weighted by molar-refractivity contribution is 0.0734. The molecule has 25 heavy (non-hydrogen) atoms. The molecule has 0 saturated carbocycles. The Morgan fingerprint density at radius 3 is 2.20 bits per heavy atom. The number of carbonyl (C=O) groups excluding carboxylic acids is 1. The van der Waals surface area contributed by atoms with Gasteiger partial charge in [0, 0.05) is 6.07 Å². The van der Waals surface area contributed by atoms with Crippen LogP contribution in [0.1, 0.15) is 21.7 Å². The van der Waals surface area contributed by atoms with Crippen LogP contribution in [0.15, 0.2) is 36.4 Å². The Kier molecular flexibility index (Phi) is 4.52. The summed E-state index contributed by atoms with van der Waals surface area (Å²) in [6.45, 7) is 3.80. The summed E-state index contributed by atoms with van der Waals surface area (Å²) in [5.74, 6) is 0.931. The Morgan fingerprint density at radius 2 is 1.52 bits per heavy atom. The SMILES string of the molecule is COc1ccc(C(=O)Oc2ccc3nc(C)c(C)nc3c2)cc1OC. The molecule has 0 spiro atoms. The van der Waals surface area contributed by atoms with E-state index in [1.54, 1.807) is 36.4 Å². The van der Waals surface area contributed by atoms with Crippen LogP contribution in [-0.4, -0.2) is 30.2 Å². The lowest BCUT2D eigenvalue weighted by Crippen LogP contribution is -2.09. The third-order valence-electron chi connectivity index (χ3n) is 3.88. The fourth-order valence-corrected chi connectivity index (χ4v) is 2.40. The first-order valence-electron chi connectivity index (χ1n) is 7.71. The number of methoxy groups -OCH3 is 2. The van der Waals surface area contributed by atoms with Crippen LogP contribution >= 0.6 is 0 Å². The van der Waals surface area contributed by atoms with Crippen LogP contribution in [0.25, 0.3) is 11.0 Å². The van der Waals surface area contributed by atoms with Crippen LogP contribution in [-0.2, 0) is 0 Å². The van der Waals surface area contributed by atoms with E-state index in [2.05, 4.69) is 9.97 Å². The van der Waals surface area contributed by atoms with E-state index in [0.717, 1.165) is 16.9 Å². The molecule has 0 aliphatic heterocycles. The predicted octanol–water partition coefficient (Wildman–Crippen LogP) is 3.48. The Balaban J connectivity index is 1.88. The zero-order valence-corrected chi connectivity index (χ0v) is 14.5. The number of aromatic nitrogens is 2. The highest BCUT2D eigenvalue weighted by Gasteiger charge is 2.13. The summed E-state index contributed by atoms with van der Waals surface area (Å²) in [5.41, 5.74) is 3.53. The third kappa shape index (κ3) is 3.38. The summed E-state index contributed by atoms with van der Waals surface area (Å²) in [6, 6.07) is 10.0. The molecule has 6 nitrogen and oxygen atoms in total. The monoisotopic (exact) mass is 338 g/mol. The van der Waals surface area contributed by atoms with Crippen molar-refractivity contribution in [3.8, 4) is 17.2 Å². The third-order valence-corrected chi connectivity index (χ3v) is 3.88. The van der Waals surface area contributed by atoms with Gasteiger partial charge in [0.25, 0.3) is 0 Å². The van der Waals surface area contributed by atoms with Gasteiger partial charge in [-0.1, -0.05) is 0 Å². The van der Waals surface area contributed by atoms with Crippen LogP contribution in [0, 0.1) is 13.8 Å². The maximum absolute atomic E-state index is 12.4. The van der Waals surface area contributed by atoms with Crippen LogP contribution < -0.4 is 14.2 Å². The quantitative estimate of drug-likeness (QED) is 0.536. The van der Waals surface area contributed by atoms with Gasteiger partial charge in [-0.05, 0) is 44.2 Å². The van der Waals surface area contributed by atoms with Gasteiger partial charge in [-0.15, -0.1) is 0 Å². The number of benzene rings is 2. The van der Waals surface area contributed by atoms with E-state index in [0.29, 0.717) is 28.3 Å². The van der Waals surface area contributed by atoms with Crippen LogP contribution in [0.4, 0.5) is 0 Å². The van der Waals surface area contributed by atoms with E-state index >= 15 is 0 Å². The van der Waals surface area contributed by atoms with Gasteiger partial charge in [0.15, 0.2) is 11.5 Å². The molecule has 0 saturated heterocycles. The van der Waals surface area contributed by atoms with E-state index in [1.165, 1.54) is 14.2 Å². The first kappa shape index (κ1) is 16.7. The summed E-state index contributed by atoms with van der Waals surface area (Å²) in [6.07, 6.45) is 0. The standard InChI is InChI=1S/C19H18N2O4/c1-11-12(2)21-16-10-14(6-7-15(16)20-11)25-19(22)13-5-8-17(23-3)18(9-13)24-4/h5-10H,1-4H3. The van der Waals surface area contributed by atoms with Crippen LogP contribution in [0.3, 0.4) is 0 Å². The van der Waals surface area contributed by atoms with E-state index in [4.69, 9.17) is 14.2 Å². The van der Waals surface area contributed by atoms with Crippen molar-refractivity contribution in [2.45, 2.75) is 13.8 Å². The summed E-state index contributed by atoms with van der Waals surface area (Å²) >= 11 is 0. The minimum Gasteiger partial charge on any atom is -0.493 e. The fraction of sp³-hybridized carbons (Fsp3) is 0.211. The zero-order valence-electron chi connectivity index (χ0n) is 14.5. The molecule has 2 aromatic carbocycles. The summed E-state index contributed by atoms with van der Waals surface area (Å²) in [4.78, 5) is 21.3. The molecular weight excluding hydrogens is 320 g/mol. The molecule has 1 heterocycles. The lowest BCUT2D eigenvalue weighted by atomic mass is 10.2. The van der Waals surface area contributed by atoms with Gasteiger partial charge in [-0.3, -0.25) is 0 Å². The van der Waals surface area contributed by atoms with Crippen LogP contribution in [0.5, 0.6) is 17.2 Å². The summed E-state index contributed by atoms with van der Waals surface area (Å²) < 4.78 is 15.8. The van der Waals surface area contributed by atoms with Gasteiger partial charge in [0.1, 0.15) is 5.75 Å². The molecule has 1 aromatic heterocycles. The van der Waals surface area contributed by atoms with Crippen molar-refractivity contribution in [2.24, 2.45) is 0 Å². The average Bonchev–Trinajstić information content (AvgIpc) is 2.62. The lowest BCUT2D eigenvalue weighted by Gasteiger charge is -2.10. The number of aryl methyl sites for hydroxylation is 2. The van der Waals surface area contributed by atoms with Gasteiger partial charge in [-0.25, -0.2) is 14.8 Å². The van der Waals surface area contributed by atoms with E-state index in [-0.39, 0.29) is 0 Å². The van der Waals surface area contributed by atoms with Gasteiger partial charge < -0.3 is 14.2 Å². The van der Waals surface area contributed by atoms with E-state index in [1.807, 2.05) is 13.8 Å². The predicted molar refractivity (Wildman–Crippen MR) is 93.5 cm³/mol. The van der Waals surface area contributed by atoms with Crippen molar-refractivity contribution in [3.05, 3.63) is 53.3 Å². The van der Waals surface area contributed by atoms with Gasteiger partial charge in [-0.2, -0.15) is 0 Å². The molecule has 0 unspecified atom stereocenters. The molecule has 0 atom stereocenters. The molecule has 0 N–H and O–H groups in total. The number of ether oxygens (including phenoxy) is 3. The smallest absolute Gasteiger partial charge is 0.343 e. The average molecular weight is 338 g/mol. The van der Waals surface area contributed by atoms with Gasteiger partial charge in [0.2, 0.25) is 0 Å². The number of hydrogen-bond acceptors (Lipinski definition) is 6. The minimum atomic E-state index is -0.489. The number of carbonyl (C=O) groups is 1. The molecule has 0 aliphatic rings. The van der Waals surface area contributed by atoms with Crippen molar-refractivity contribution >= 4 is 17.0 Å². The highest BCUT2D eigenvalue weighted by molar-refractivity contribution is 5.92. The van der Waals surface area contributed by atoms with Crippen molar-refractivity contribution in [1.29, 1.82) is 0 Å². The van der Waals surface area contributed by atoms with Gasteiger partial charge >= 0.3 is 5.97 Å². The highest BCUT2D eigenvalue weighted by Crippen LogP contribution is 2.28. The number of rotatable bonds is 4. The minimum absolute atomic E-state index is 0.365. The topological polar surface area (TPSA) is 70.5 Å². The Bertz CT molecular complexity index is 954. The number of hydrogen-bond donors (Lipinski definition) is 0. The first-order valence-corrected chi connectivity index (χ1v) is 7.71. The zero-order chi connectivity index (χ0) is 18.0. The Labute approximate surface area is 145 Å². The first-order chi connectivity index (χ1) is 12.0. The van der Waals surface area contributed by atoms with Crippen molar-refractivity contribution < 1.29 is 19.0 Å². The maximum Gasteiger partial charge on any atom is 0.343 e. The van der Waals surface area contributed by atoms with Crippen LogP contribution in [0.2, 0.25) is 0 Å². The van der Waals surface area contributed by atoms with Crippen molar-refractivity contribution in [1.82, 2.24) is 9.97 Å². The van der Waals surface area contributed by atoms with Crippen molar-refractivity contribution in [2.75, 3.05) is 14.2 Å². The molecule has 6 heteroatoms. The molecule has 0 bridgehead atoms. The van der Waals surface area contributed by atoms with E-state index in [9.17, 15) is 4.79 Å². The molecule has 128 valence electrons. The second kappa shape index (κ2) is 6.76. The molecule has 0 amide bonds. The molecule has 3 aromatic rings. The Morgan fingerprint density at radius 1 is 0.840 bits per heavy atom. The summed E-state index contributed by atoms with van der Waals surface area (Å²) in [7, 11) is 3.05.